The molecule has 0 atom stereocenters. The van der Waals surface area contributed by atoms with Gasteiger partial charge in [0.05, 0.1) is 6.54 Å². The van der Waals surface area contributed by atoms with E-state index in [1.165, 1.54) is 0 Å². The van der Waals surface area contributed by atoms with Crippen molar-refractivity contribution in [2.24, 2.45) is 10.7 Å². The Morgan fingerprint density at radius 1 is 1.55 bits per heavy atom. The Hall–Kier alpha value is -0.830. The maximum absolute atomic E-state index is 5.39. The van der Waals surface area contributed by atoms with Crippen LogP contribution >= 0.6 is 0 Å². The Morgan fingerprint density at radius 3 is 2.64 bits per heavy atom. The third kappa shape index (κ3) is 9.17. The molecule has 64 valence electrons. The number of rotatable bonds is 4. The van der Waals surface area contributed by atoms with Crippen molar-refractivity contribution < 1.29 is 0 Å². The van der Waals surface area contributed by atoms with Crippen LogP contribution < -0.4 is 5.73 Å². The van der Waals surface area contributed by atoms with Gasteiger partial charge in [-0.25, -0.2) is 0 Å². The summed E-state index contributed by atoms with van der Waals surface area (Å²) in [6.07, 6.45) is 3.55. The van der Waals surface area contributed by atoms with Gasteiger partial charge >= 0.3 is 0 Å². The number of nitrogens with two attached hydrogens (primary N) is 1. The summed E-state index contributed by atoms with van der Waals surface area (Å²) in [5, 5.41) is 0. The Balaban J connectivity index is 3.38. The van der Waals surface area contributed by atoms with Crippen LogP contribution in [0.3, 0.4) is 0 Å². The van der Waals surface area contributed by atoms with Crippen molar-refractivity contribution in [2.45, 2.75) is 6.92 Å². The van der Waals surface area contributed by atoms with E-state index in [-0.39, 0.29) is 0 Å². The predicted octanol–water partition coefficient (Wildman–Crippen LogP) is 0.481. The van der Waals surface area contributed by atoms with Gasteiger partial charge in [0, 0.05) is 18.5 Å². The fourth-order valence-corrected chi connectivity index (χ4v) is 0.503. The van der Waals surface area contributed by atoms with Gasteiger partial charge in [0.15, 0.2) is 0 Å². The molecule has 0 aliphatic rings. The second kappa shape index (κ2) is 5.92. The van der Waals surface area contributed by atoms with E-state index < -0.39 is 0 Å². The minimum atomic E-state index is 0.790. The van der Waals surface area contributed by atoms with Gasteiger partial charge in [-0.15, -0.1) is 0 Å². The lowest BCUT2D eigenvalue weighted by atomic mass is 10.5. The molecule has 0 saturated heterocycles. The molecule has 0 aliphatic heterocycles. The smallest absolute Gasteiger partial charge is 0.0516 e. The van der Waals surface area contributed by atoms with Gasteiger partial charge in [-0.1, -0.05) is 0 Å². The first-order valence-electron chi connectivity index (χ1n) is 3.70. The first-order chi connectivity index (χ1) is 5.13. The van der Waals surface area contributed by atoms with Gasteiger partial charge in [0.2, 0.25) is 0 Å². The molecule has 0 rings (SSSR count). The van der Waals surface area contributed by atoms with Crippen molar-refractivity contribution in [3.05, 3.63) is 11.8 Å². The molecule has 3 nitrogen and oxygen atoms in total. The van der Waals surface area contributed by atoms with E-state index in [1.54, 1.807) is 12.3 Å². The van der Waals surface area contributed by atoms with Crippen molar-refractivity contribution in [3.8, 4) is 0 Å². The third-order valence-electron chi connectivity index (χ3n) is 1.12. The summed E-state index contributed by atoms with van der Waals surface area (Å²) in [6.45, 7) is 3.66. The molecule has 0 amide bonds. The van der Waals surface area contributed by atoms with E-state index in [9.17, 15) is 0 Å². The number of allylic oxidation sites excluding steroid dienone is 2. The van der Waals surface area contributed by atoms with Crippen molar-refractivity contribution in [1.29, 1.82) is 0 Å². The quantitative estimate of drug-likeness (QED) is 0.600. The van der Waals surface area contributed by atoms with Crippen LogP contribution in [-0.4, -0.2) is 38.3 Å². The summed E-state index contributed by atoms with van der Waals surface area (Å²) in [7, 11) is 4.05. The number of nitrogens with zero attached hydrogens (tertiary/aromatic N) is 2. The Morgan fingerprint density at radius 2 is 2.18 bits per heavy atom. The standard InChI is InChI=1S/C8H17N3/c1-8(9)4-5-10-6-7-11(2)3/h4-5H,6-7,9H2,1-3H3. The lowest BCUT2D eigenvalue weighted by Crippen LogP contribution is -2.15. The molecule has 0 saturated carbocycles. The SMILES string of the molecule is CC(N)=CC=NCCN(C)C. The highest BCUT2D eigenvalue weighted by atomic mass is 15.1. The molecule has 0 aliphatic carbocycles. The summed E-state index contributed by atoms with van der Waals surface area (Å²) in [6, 6.07) is 0. The molecular formula is C8H17N3. The largest absolute Gasteiger partial charge is 0.402 e. The van der Waals surface area contributed by atoms with Crippen LogP contribution in [0.1, 0.15) is 6.92 Å². The molecule has 0 aromatic heterocycles. The minimum absolute atomic E-state index is 0.790. The summed E-state index contributed by atoms with van der Waals surface area (Å²) in [4.78, 5) is 6.22. The first-order valence-corrected chi connectivity index (χ1v) is 3.70. The predicted molar refractivity (Wildman–Crippen MR) is 49.9 cm³/mol. The second-order valence-electron chi connectivity index (χ2n) is 2.77. The minimum Gasteiger partial charge on any atom is -0.402 e. The van der Waals surface area contributed by atoms with E-state index in [1.807, 2.05) is 21.0 Å². The van der Waals surface area contributed by atoms with E-state index in [4.69, 9.17) is 5.73 Å². The van der Waals surface area contributed by atoms with Crippen molar-refractivity contribution in [3.63, 3.8) is 0 Å². The summed E-state index contributed by atoms with van der Waals surface area (Å²) >= 11 is 0. The topological polar surface area (TPSA) is 41.6 Å². The zero-order chi connectivity index (χ0) is 8.69. The molecule has 0 heterocycles. The van der Waals surface area contributed by atoms with Crippen LogP contribution in [0, 0.1) is 0 Å². The first kappa shape index (κ1) is 10.2. The van der Waals surface area contributed by atoms with Gasteiger partial charge in [-0.05, 0) is 27.1 Å². The highest BCUT2D eigenvalue weighted by Gasteiger charge is 1.83. The highest BCUT2D eigenvalue weighted by molar-refractivity contribution is 5.71. The maximum Gasteiger partial charge on any atom is 0.0516 e. The third-order valence-corrected chi connectivity index (χ3v) is 1.12. The van der Waals surface area contributed by atoms with Crippen molar-refractivity contribution >= 4 is 6.21 Å². The normalized spacial score (nSPS) is 13.3. The van der Waals surface area contributed by atoms with Crippen LogP contribution in [0.15, 0.2) is 16.8 Å². The fraction of sp³-hybridized carbons (Fsp3) is 0.625. The molecular weight excluding hydrogens is 138 g/mol. The Labute approximate surface area is 68.6 Å². The summed E-state index contributed by atoms with van der Waals surface area (Å²) in [5.41, 5.74) is 6.18. The molecule has 0 spiro atoms. The summed E-state index contributed by atoms with van der Waals surface area (Å²) in [5.74, 6) is 0. The average molecular weight is 155 g/mol. The highest BCUT2D eigenvalue weighted by Crippen LogP contribution is 1.78. The number of hydrogen-bond donors (Lipinski definition) is 1. The Bertz CT molecular complexity index is 143. The molecule has 3 heteroatoms. The molecule has 0 bridgehead atoms. The fourth-order valence-electron chi connectivity index (χ4n) is 0.503. The van der Waals surface area contributed by atoms with Crippen LogP contribution in [0.5, 0.6) is 0 Å². The zero-order valence-corrected chi connectivity index (χ0v) is 7.54. The average Bonchev–Trinajstić information content (AvgIpc) is 1.85. The number of hydrogen-bond acceptors (Lipinski definition) is 3. The van der Waals surface area contributed by atoms with Gasteiger partial charge < -0.3 is 10.6 Å². The molecule has 2 N–H and O–H groups in total. The van der Waals surface area contributed by atoms with Crippen molar-refractivity contribution in [2.75, 3.05) is 27.2 Å². The number of aliphatic imine (C=N–C) groups is 1. The van der Waals surface area contributed by atoms with Crippen molar-refractivity contribution in [1.82, 2.24) is 4.90 Å². The van der Waals surface area contributed by atoms with Crippen LogP contribution in [0.4, 0.5) is 0 Å². The molecule has 0 aromatic carbocycles. The maximum atomic E-state index is 5.39. The molecule has 0 radical (unpaired) electrons. The number of likely N-dealkylation sites (N-methyl/N-ethyl adjacent to an activating group) is 1. The van der Waals surface area contributed by atoms with Crippen LogP contribution in [0.25, 0.3) is 0 Å². The van der Waals surface area contributed by atoms with Gasteiger partial charge in [0.1, 0.15) is 0 Å². The Kier molecular flexibility index (Phi) is 5.47. The lowest BCUT2D eigenvalue weighted by Gasteiger charge is -2.04. The monoisotopic (exact) mass is 155 g/mol. The van der Waals surface area contributed by atoms with E-state index in [0.29, 0.717) is 0 Å². The molecule has 0 aromatic rings. The summed E-state index contributed by atoms with van der Waals surface area (Å²) < 4.78 is 0. The van der Waals surface area contributed by atoms with E-state index >= 15 is 0 Å². The van der Waals surface area contributed by atoms with Crippen LogP contribution in [0.2, 0.25) is 0 Å². The molecule has 0 fully saturated rings. The van der Waals surface area contributed by atoms with E-state index in [0.717, 1.165) is 18.8 Å². The zero-order valence-electron chi connectivity index (χ0n) is 7.54. The second-order valence-corrected chi connectivity index (χ2v) is 2.77. The van der Waals surface area contributed by atoms with Gasteiger partial charge in [0.25, 0.3) is 0 Å². The van der Waals surface area contributed by atoms with Gasteiger partial charge in [-0.3, -0.25) is 4.99 Å². The lowest BCUT2D eigenvalue weighted by molar-refractivity contribution is 0.421. The molecule has 0 unspecified atom stereocenters. The van der Waals surface area contributed by atoms with E-state index in [2.05, 4.69) is 9.89 Å². The molecule has 11 heavy (non-hydrogen) atoms. The van der Waals surface area contributed by atoms with Gasteiger partial charge in [-0.2, -0.15) is 0 Å². The van der Waals surface area contributed by atoms with Crippen LogP contribution in [-0.2, 0) is 0 Å².